The summed E-state index contributed by atoms with van der Waals surface area (Å²) in [4.78, 5) is 0. The molecule has 0 atom stereocenters. The number of hydrogen-bond acceptors (Lipinski definition) is 2. The minimum absolute atomic E-state index is 0.254. The van der Waals surface area contributed by atoms with Crippen molar-refractivity contribution in [2.24, 2.45) is 5.41 Å². The second-order valence-corrected chi connectivity index (χ2v) is 4.69. The van der Waals surface area contributed by atoms with E-state index >= 15 is 0 Å². The van der Waals surface area contributed by atoms with E-state index in [0.717, 1.165) is 11.7 Å². The van der Waals surface area contributed by atoms with Crippen molar-refractivity contribution in [3.8, 4) is 5.06 Å². The lowest BCUT2D eigenvalue weighted by Gasteiger charge is -2.17. The van der Waals surface area contributed by atoms with Crippen molar-refractivity contribution >= 4 is 11.3 Å². The minimum atomic E-state index is 0.254. The van der Waals surface area contributed by atoms with Gasteiger partial charge in [0.15, 0.2) is 5.06 Å². The van der Waals surface area contributed by atoms with Gasteiger partial charge in [0.1, 0.15) is 0 Å². The van der Waals surface area contributed by atoms with Crippen LogP contribution in [0.15, 0.2) is 17.5 Å². The van der Waals surface area contributed by atoms with Crippen LogP contribution in [0.1, 0.15) is 20.8 Å². The van der Waals surface area contributed by atoms with Gasteiger partial charge in [-0.25, -0.2) is 0 Å². The molecule has 2 heteroatoms. The van der Waals surface area contributed by atoms with Crippen molar-refractivity contribution < 1.29 is 4.74 Å². The lowest BCUT2D eigenvalue weighted by atomic mass is 9.99. The average Bonchev–Trinajstić information content (AvgIpc) is 2.32. The predicted octanol–water partition coefficient (Wildman–Crippen LogP) is 3.17. The molecule has 0 aliphatic carbocycles. The Kier molecular flexibility index (Phi) is 2.55. The summed E-state index contributed by atoms with van der Waals surface area (Å²) >= 11 is 1.64. The van der Waals surface area contributed by atoms with E-state index in [4.69, 9.17) is 4.74 Å². The van der Waals surface area contributed by atoms with Gasteiger partial charge in [-0.2, -0.15) is 0 Å². The molecule has 0 spiro atoms. The topological polar surface area (TPSA) is 9.23 Å². The fourth-order valence-corrected chi connectivity index (χ4v) is 1.21. The standard InChI is InChI=1S/C9H14OS/c1-9(2,3)7-10-8-5-4-6-11-8/h4-6H,7H2,1-3H3. The molecule has 11 heavy (non-hydrogen) atoms. The molecule has 0 fully saturated rings. The SMILES string of the molecule is CC(C)(C)COc1cccs1. The zero-order chi connectivity index (χ0) is 8.32. The summed E-state index contributed by atoms with van der Waals surface area (Å²) in [5.74, 6) is 0. The van der Waals surface area contributed by atoms with Crippen molar-refractivity contribution in [1.82, 2.24) is 0 Å². The van der Waals surface area contributed by atoms with Crippen LogP contribution >= 0.6 is 11.3 Å². The molecule has 0 N–H and O–H groups in total. The Balaban J connectivity index is 2.35. The van der Waals surface area contributed by atoms with Gasteiger partial charge in [0, 0.05) is 0 Å². The monoisotopic (exact) mass is 170 g/mol. The van der Waals surface area contributed by atoms with Gasteiger partial charge < -0.3 is 4.74 Å². The lowest BCUT2D eigenvalue weighted by Crippen LogP contribution is -2.16. The van der Waals surface area contributed by atoms with Crippen LogP contribution in [0.25, 0.3) is 0 Å². The van der Waals surface area contributed by atoms with Crippen molar-refractivity contribution in [3.05, 3.63) is 17.5 Å². The molecule has 0 unspecified atom stereocenters. The van der Waals surface area contributed by atoms with E-state index < -0.39 is 0 Å². The van der Waals surface area contributed by atoms with Gasteiger partial charge in [-0.15, -0.1) is 11.3 Å². The summed E-state index contributed by atoms with van der Waals surface area (Å²) in [7, 11) is 0. The first-order chi connectivity index (χ1) is 5.08. The lowest BCUT2D eigenvalue weighted by molar-refractivity contribution is 0.203. The normalized spacial score (nSPS) is 11.5. The molecule has 1 nitrogen and oxygen atoms in total. The fraction of sp³-hybridized carbons (Fsp3) is 0.556. The summed E-state index contributed by atoms with van der Waals surface area (Å²) in [5.41, 5.74) is 0.254. The third-order valence-corrected chi connectivity index (χ3v) is 1.92. The van der Waals surface area contributed by atoms with Crippen molar-refractivity contribution in [1.29, 1.82) is 0 Å². The van der Waals surface area contributed by atoms with Crippen LogP contribution in [-0.2, 0) is 0 Å². The molecule has 0 radical (unpaired) electrons. The Labute approximate surface area is 72.0 Å². The average molecular weight is 170 g/mol. The molecular weight excluding hydrogens is 156 g/mol. The fourth-order valence-electron chi connectivity index (χ4n) is 0.633. The van der Waals surface area contributed by atoms with Gasteiger partial charge in [-0.05, 0) is 22.9 Å². The first kappa shape index (κ1) is 8.60. The summed E-state index contributed by atoms with van der Waals surface area (Å²) < 4.78 is 5.53. The van der Waals surface area contributed by atoms with Gasteiger partial charge in [-0.1, -0.05) is 20.8 Å². The molecule has 0 bridgehead atoms. The third kappa shape index (κ3) is 3.42. The molecule has 1 aromatic rings. The van der Waals surface area contributed by atoms with E-state index in [0.29, 0.717) is 0 Å². The molecule has 0 aliphatic heterocycles. The highest BCUT2D eigenvalue weighted by atomic mass is 32.1. The van der Waals surface area contributed by atoms with E-state index in [-0.39, 0.29) is 5.41 Å². The molecule has 62 valence electrons. The number of ether oxygens (including phenoxy) is 1. The van der Waals surface area contributed by atoms with Gasteiger partial charge in [0.2, 0.25) is 0 Å². The van der Waals surface area contributed by atoms with E-state index in [9.17, 15) is 0 Å². The van der Waals surface area contributed by atoms with Gasteiger partial charge in [-0.3, -0.25) is 0 Å². The maximum absolute atomic E-state index is 5.53. The van der Waals surface area contributed by atoms with E-state index in [2.05, 4.69) is 20.8 Å². The van der Waals surface area contributed by atoms with Crippen LogP contribution < -0.4 is 4.74 Å². The minimum Gasteiger partial charge on any atom is -0.483 e. The molecule has 0 amide bonds. The zero-order valence-electron chi connectivity index (χ0n) is 7.26. The Morgan fingerprint density at radius 1 is 1.45 bits per heavy atom. The highest BCUT2D eigenvalue weighted by Crippen LogP contribution is 2.21. The number of hydrogen-bond donors (Lipinski definition) is 0. The second kappa shape index (κ2) is 3.26. The number of rotatable bonds is 2. The largest absolute Gasteiger partial charge is 0.483 e. The molecule has 0 saturated carbocycles. The van der Waals surface area contributed by atoms with Crippen LogP contribution in [0.4, 0.5) is 0 Å². The van der Waals surface area contributed by atoms with Crippen LogP contribution in [0, 0.1) is 5.41 Å². The summed E-state index contributed by atoms with van der Waals surface area (Å²) in [5, 5.41) is 3.04. The maximum Gasteiger partial charge on any atom is 0.173 e. The molecule has 1 rings (SSSR count). The van der Waals surface area contributed by atoms with Crippen LogP contribution in [0.2, 0.25) is 0 Å². The first-order valence-electron chi connectivity index (χ1n) is 3.74. The van der Waals surface area contributed by atoms with E-state index in [1.54, 1.807) is 11.3 Å². The smallest absolute Gasteiger partial charge is 0.173 e. The zero-order valence-corrected chi connectivity index (χ0v) is 8.07. The molecule has 0 aliphatic rings. The Hall–Kier alpha value is -0.500. The van der Waals surface area contributed by atoms with Gasteiger partial charge in [0.25, 0.3) is 0 Å². The molecule has 0 aromatic carbocycles. The molecule has 0 saturated heterocycles. The molecular formula is C9H14OS. The first-order valence-corrected chi connectivity index (χ1v) is 4.62. The van der Waals surface area contributed by atoms with Gasteiger partial charge in [0.05, 0.1) is 6.61 Å². The van der Waals surface area contributed by atoms with Gasteiger partial charge >= 0.3 is 0 Å². The van der Waals surface area contributed by atoms with Crippen LogP contribution in [-0.4, -0.2) is 6.61 Å². The van der Waals surface area contributed by atoms with Crippen LogP contribution in [0.5, 0.6) is 5.06 Å². The van der Waals surface area contributed by atoms with E-state index in [1.165, 1.54) is 0 Å². The maximum atomic E-state index is 5.53. The Morgan fingerprint density at radius 2 is 2.18 bits per heavy atom. The number of thiophene rings is 1. The summed E-state index contributed by atoms with van der Waals surface area (Å²) in [6.07, 6.45) is 0. The quantitative estimate of drug-likeness (QED) is 0.662. The third-order valence-electron chi connectivity index (χ3n) is 1.14. The highest BCUT2D eigenvalue weighted by Gasteiger charge is 2.10. The summed E-state index contributed by atoms with van der Waals surface area (Å²) in [6.45, 7) is 7.29. The Bertz CT molecular complexity index is 196. The van der Waals surface area contributed by atoms with Crippen LogP contribution in [0.3, 0.4) is 0 Å². The van der Waals surface area contributed by atoms with Crippen molar-refractivity contribution in [3.63, 3.8) is 0 Å². The molecule has 1 aromatic heterocycles. The second-order valence-electron chi connectivity index (χ2n) is 3.78. The van der Waals surface area contributed by atoms with Crippen molar-refractivity contribution in [2.45, 2.75) is 20.8 Å². The highest BCUT2D eigenvalue weighted by molar-refractivity contribution is 7.11. The van der Waals surface area contributed by atoms with E-state index in [1.807, 2.05) is 17.5 Å². The molecule has 1 heterocycles. The van der Waals surface area contributed by atoms with Crippen molar-refractivity contribution in [2.75, 3.05) is 6.61 Å². The predicted molar refractivity (Wildman–Crippen MR) is 49.3 cm³/mol. The Morgan fingerprint density at radius 3 is 2.64 bits per heavy atom. The summed E-state index contributed by atoms with van der Waals surface area (Å²) in [6, 6.07) is 4.00.